The standard InChI is InChI=1S/C14H19BrN2O4S.ClH/c1-2-21-14(18)11-4-5-13(12(15)10-11)22(19,20)17-8-3-6-16-7-9-17;/h4-5,10,16H,2-3,6-9H2,1H3;1H. The summed E-state index contributed by atoms with van der Waals surface area (Å²) in [5, 5.41) is 3.17. The number of sulfonamides is 1. The van der Waals surface area contributed by atoms with Gasteiger partial charge in [0.25, 0.3) is 0 Å². The van der Waals surface area contributed by atoms with Gasteiger partial charge in [0.1, 0.15) is 0 Å². The van der Waals surface area contributed by atoms with Crippen molar-refractivity contribution < 1.29 is 17.9 Å². The number of benzene rings is 1. The molecule has 0 spiro atoms. The van der Waals surface area contributed by atoms with Gasteiger partial charge in [-0.1, -0.05) is 0 Å². The number of ether oxygens (including phenoxy) is 1. The van der Waals surface area contributed by atoms with Crippen LogP contribution in [0.25, 0.3) is 0 Å². The Balaban J connectivity index is 0.00000264. The molecule has 0 aliphatic carbocycles. The number of esters is 1. The van der Waals surface area contributed by atoms with Gasteiger partial charge < -0.3 is 10.1 Å². The maximum absolute atomic E-state index is 12.7. The fourth-order valence-electron chi connectivity index (χ4n) is 2.25. The number of carbonyl (C=O) groups excluding carboxylic acids is 1. The van der Waals surface area contributed by atoms with Crippen LogP contribution in [0.3, 0.4) is 0 Å². The van der Waals surface area contributed by atoms with Crippen LogP contribution in [0.1, 0.15) is 23.7 Å². The average Bonchev–Trinajstić information content (AvgIpc) is 2.76. The van der Waals surface area contributed by atoms with Gasteiger partial charge in [-0.15, -0.1) is 12.4 Å². The van der Waals surface area contributed by atoms with E-state index in [2.05, 4.69) is 21.2 Å². The van der Waals surface area contributed by atoms with Crippen LogP contribution in [-0.4, -0.2) is 51.5 Å². The zero-order valence-electron chi connectivity index (χ0n) is 12.7. The molecule has 9 heteroatoms. The molecule has 1 aromatic carbocycles. The van der Waals surface area contributed by atoms with Gasteiger partial charge in [0, 0.05) is 24.1 Å². The Bertz CT molecular complexity index is 646. The minimum absolute atomic E-state index is 0. The topological polar surface area (TPSA) is 75.7 Å². The second kappa shape index (κ2) is 8.98. The van der Waals surface area contributed by atoms with Crippen molar-refractivity contribution in [2.45, 2.75) is 18.2 Å². The van der Waals surface area contributed by atoms with E-state index in [9.17, 15) is 13.2 Å². The van der Waals surface area contributed by atoms with Crippen LogP contribution in [0.2, 0.25) is 0 Å². The second-order valence-electron chi connectivity index (χ2n) is 4.87. The molecule has 1 aliphatic heterocycles. The number of nitrogens with zero attached hydrogens (tertiary/aromatic N) is 1. The van der Waals surface area contributed by atoms with Crippen molar-refractivity contribution in [3.05, 3.63) is 28.2 Å². The number of nitrogens with one attached hydrogen (secondary N) is 1. The number of hydrogen-bond acceptors (Lipinski definition) is 5. The number of carbonyl (C=O) groups is 1. The maximum atomic E-state index is 12.7. The Morgan fingerprint density at radius 2 is 2.09 bits per heavy atom. The highest BCUT2D eigenvalue weighted by Crippen LogP contribution is 2.27. The molecule has 0 atom stereocenters. The van der Waals surface area contributed by atoms with Crippen molar-refractivity contribution in [1.82, 2.24) is 9.62 Å². The first-order valence-electron chi connectivity index (χ1n) is 7.14. The second-order valence-corrected chi connectivity index (χ2v) is 7.63. The van der Waals surface area contributed by atoms with Gasteiger partial charge in [0.2, 0.25) is 10.0 Å². The molecule has 1 aromatic rings. The summed E-state index contributed by atoms with van der Waals surface area (Å²) in [6, 6.07) is 4.41. The Hall–Kier alpha value is -0.670. The fourth-order valence-corrected chi connectivity index (χ4v) is 4.77. The lowest BCUT2D eigenvalue weighted by Crippen LogP contribution is -2.34. The van der Waals surface area contributed by atoms with Crippen LogP contribution in [0.5, 0.6) is 0 Å². The predicted octanol–water partition coefficient (Wildman–Crippen LogP) is 2.03. The largest absolute Gasteiger partial charge is 0.462 e. The minimum Gasteiger partial charge on any atom is -0.462 e. The lowest BCUT2D eigenvalue weighted by Gasteiger charge is -2.20. The molecular weight excluding hydrogens is 408 g/mol. The number of hydrogen-bond donors (Lipinski definition) is 1. The molecular formula is C14H20BrClN2O4S. The van der Waals surface area contributed by atoms with Gasteiger partial charge in [-0.3, -0.25) is 0 Å². The molecule has 1 saturated heterocycles. The van der Waals surface area contributed by atoms with E-state index in [0.29, 0.717) is 29.7 Å². The summed E-state index contributed by atoms with van der Waals surface area (Å²) < 4.78 is 32.2. The van der Waals surface area contributed by atoms with Gasteiger partial charge >= 0.3 is 5.97 Å². The highest BCUT2D eigenvalue weighted by molar-refractivity contribution is 9.10. The highest BCUT2D eigenvalue weighted by Gasteiger charge is 2.27. The third-order valence-corrected chi connectivity index (χ3v) is 6.24. The molecule has 1 heterocycles. The molecule has 0 amide bonds. The molecule has 0 saturated carbocycles. The summed E-state index contributed by atoms with van der Waals surface area (Å²) in [6.07, 6.45) is 0.776. The molecule has 0 unspecified atom stereocenters. The third kappa shape index (κ3) is 4.90. The third-order valence-electron chi connectivity index (χ3n) is 3.36. The van der Waals surface area contributed by atoms with Crippen molar-refractivity contribution >= 4 is 44.3 Å². The van der Waals surface area contributed by atoms with E-state index in [0.717, 1.165) is 13.0 Å². The van der Waals surface area contributed by atoms with Crippen LogP contribution in [0.15, 0.2) is 27.6 Å². The fraction of sp³-hybridized carbons (Fsp3) is 0.500. The van der Waals surface area contributed by atoms with Crippen molar-refractivity contribution in [2.75, 3.05) is 32.8 Å². The molecule has 23 heavy (non-hydrogen) atoms. The molecule has 1 aliphatic rings. The Kier molecular flexibility index (Phi) is 7.96. The lowest BCUT2D eigenvalue weighted by atomic mass is 10.2. The molecule has 0 radical (unpaired) electrons. The van der Waals surface area contributed by atoms with E-state index >= 15 is 0 Å². The maximum Gasteiger partial charge on any atom is 0.338 e. The van der Waals surface area contributed by atoms with E-state index in [1.165, 1.54) is 22.5 Å². The molecule has 6 nitrogen and oxygen atoms in total. The summed E-state index contributed by atoms with van der Waals surface area (Å²) in [5.74, 6) is -0.467. The molecule has 1 N–H and O–H groups in total. The highest BCUT2D eigenvalue weighted by atomic mass is 79.9. The zero-order chi connectivity index (χ0) is 16.2. The van der Waals surface area contributed by atoms with Gasteiger partial charge in [0.05, 0.1) is 17.1 Å². The quantitative estimate of drug-likeness (QED) is 0.744. The van der Waals surface area contributed by atoms with E-state index in [1.807, 2.05) is 0 Å². The van der Waals surface area contributed by atoms with Crippen molar-refractivity contribution in [3.8, 4) is 0 Å². The average molecular weight is 428 g/mol. The van der Waals surface area contributed by atoms with Crippen molar-refractivity contribution in [3.63, 3.8) is 0 Å². The van der Waals surface area contributed by atoms with E-state index < -0.39 is 16.0 Å². The van der Waals surface area contributed by atoms with Crippen LogP contribution in [0, 0.1) is 0 Å². The SMILES string of the molecule is CCOC(=O)c1ccc(S(=O)(=O)N2CCCNCC2)c(Br)c1.Cl. The Morgan fingerprint density at radius 1 is 1.35 bits per heavy atom. The first-order valence-corrected chi connectivity index (χ1v) is 9.37. The zero-order valence-corrected chi connectivity index (χ0v) is 16.0. The first kappa shape index (κ1) is 20.4. The minimum atomic E-state index is -3.58. The number of halogens is 2. The molecule has 2 rings (SSSR count). The lowest BCUT2D eigenvalue weighted by molar-refractivity contribution is 0.0526. The summed E-state index contributed by atoms with van der Waals surface area (Å²) >= 11 is 3.26. The first-order chi connectivity index (χ1) is 10.5. The predicted molar refractivity (Wildman–Crippen MR) is 93.6 cm³/mol. The summed E-state index contributed by atoms with van der Waals surface area (Å²) in [7, 11) is -3.58. The molecule has 130 valence electrons. The van der Waals surface area contributed by atoms with Gasteiger partial charge in [-0.25, -0.2) is 13.2 Å². The number of rotatable bonds is 4. The van der Waals surface area contributed by atoms with Gasteiger partial charge in [-0.05, 0) is 54.0 Å². The molecule has 0 aromatic heterocycles. The molecule has 1 fully saturated rings. The summed E-state index contributed by atoms with van der Waals surface area (Å²) in [5.41, 5.74) is 0.324. The molecule has 0 bridgehead atoms. The smallest absolute Gasteiger partial charge is 0.338 e. The van der Waals surface area contributed by atoms with E-state index in [1.54, 1.807) is 6.92 Å². The van der Waals surface area contributed by atoms with Crippen molar-refractivity contribution in [1.29, 1.82) is 0 Å². The summed E-state index contributed by atoms with van der Waals surface area (Å²) in [6.45, 7) is 4.37. The Labute approximate surface area is 151 Å². The van der Waals surface area contributed by atoms with E-state index in [-0.39, 0.29) is 23.9 Å². The van der Waals surface area contributed by atoms with Gasteiger partial charge in [-0.2, -0.15) is 4.31 Å². The monoisotopic (exact) mass is 426 g/mol. The van der Waals surface area contributed by atoms with Crippen LogP contribution >= 0.6 is 28.3 Å². The summed E-state index contributed by atoms with van der Waals surface area (Å²) in [4.78, 5) is 11.9. The van der Waals surface area contributed by atoms with Crippen LogP contribution in [-0.2, 0) is 14.8 Å². The van der Waals surface area contributed by atoms with Crippen molar-refractivity contribution in [2.24, 2.45) is 0 Å². The van der Waals surface area contributed by atoms with E-state index in [4.69, 9.17) is 4.74 Å². The van der Waals surface area contributed by atoms with Gasteiger partial charge in [0.15, 0.2) is 0 Å². The van der Waals surface area contributed by atoms with Crippen LogP contribution < -0.4 is 5.32 Å². The normalized spacial score (nSPS) is 16.3. The Morgan fingerprint density at radius 3 is 2.74 bits per heavy atom. The van der Waals surface area contributed by atoms with Crippen LogP contribution in [0.4, 0.5) is 0 Å².